The fourth-order valence-electron chi connectivity index (χ4n) is 3.52. The molecule has 4 aromatic rings. The van der Waals surface area contributed by atoms with Gasteiger partial charge >= 0.3 is 0 Å². The quantitative estimate of drug-likeness (QED) is 0.330. The Hall–Kier alpha value is -3.09. The molecule has 0 spiro atoms. The lowest BCUT2D eigenvalue weighted by atomic mass is 10.1. The van der Waals surface area contributed by atoms with Crippen molar-refractivity contribution in [2.75, 3.05) is 25.6 Å². The van der Waals surface area contributed by atoms with Crippen molar-refractivity contribution in [3.05, 3.63) is 89.0 Å². The molecule has 2 aromatic heterocycles. The highest BCUT2D eigenvalue weighted by Crippen LogP contribution is 2.32. The van der Waals surface area contributed by atoms with Gasteiger partial charge in [-0.2, -0.15) is 0 Å². The first-order valence-corrected chi connectivity index (χ1v) is 10.7. The lowest BCUT2D eigenvalue weighted by molar-refractivity contribution is 0.416. The Morgan fingerprint density at radius 2 is 1.74 bits per heavy atom. The van der Waals surface area contributed by atoms with Crippen LogP contribution in [0.3, 0.4) is 0 Å². The van der Waals surface area contributed by atoms with Crippen molar-refractivity contribution in [2.24, 2.45) is 0 Å². The second-order valence-corrected chi connectivity index (χ2v) is 7.93. The first kappa shape index (κ1) is 21.2. The number of ether oxygens (including phenoxy) is 1. The summed E-state index contributed by atoms with van der Waals surface area (Å²) in [7, 11) is 3.75. The predicted octanol–water partition coefficient (Wildman–Crippen LogP) is 5.87. The molecule has 5 nitrogen and oxygen atoms in total. The van der Waals surface area contributed by atoms with E-state index < -0.39 is 0 Å². The predicted molar refractivity (Wildman–Crippen MR) is 129 cm³/mol. The summed E-state index contributed by atoms with van der Waals surface area (Å²) in [5, 5.41) is 0.688. The molecule has 0 N–H and O–H groups in total. The highest BCUT2D eigenvalue weighted by molar-refractivity contribution is 7.71. The molecule has 158 valence electrons. The molecule has 7 heteroatoms. The third-order valence-corrected chi connectivity index (χ3v) is 5.87. The van der Waals surface area contributed by atoms with Crippen LogP contribution in [-0.4, -0.2) is 34.8 Å². The number of aromatic nitrogens is 3. The van der Waals surface area contributed by atoms with Crippen LogP contribution in [0.5, 0.6) is 5.75 Å². The molecule has 0 aliphatic heterocycles. The maximum Gasteiger partial charge on any atom is 0.185 e. The zero-order chi connectivity index (χ0) is 21.8. The van der Waals surface area contributed by atoms with Gasteiger partial charge in [-0.1, -0.05) is 23.7 Å². The molecular formula is C24H23ClN4OS. The standard InChI is InChI=1S/C24H23ClN4OS/c1-27(19-11-13-26-14-12-19)15-16-28-17-22(21-5-3-4-6-23(21)30-2)29(24(28)31)20-9-7-18(25)8-10-20/h3-14,17H,15-16H2,1-2H3. The molecule has 4 rings (SSSR count). The highest BCUT2D eigenvalue weighted by atomic mass is 35.5. The number of para-hydroxylation sites is 1. The van der Waals surface area contributed by atoms with Crippen molar-refractivity contribution in [3.63, 3.8) is 0 Å². The minimum Gasteiger partial charge on any atom is -0.496 e. The van der Waals surface area contributed by atoms with E-state index in [2.05, 4.69) is 32.3 Å². The third-order valence-electron chi connectivity index (χ3n) is 5.20. The molecule has 0 aliphatic carbocycles. The summed E-state index contributed by atoms with van der Waals surface area (Å²) in [5.74, 6) is 0.797. The molecule has 2 heterocycles. The van der Waals surface area contributed by atoms with Gasteiger partial charge in [0.1, 0.15) is 5.75 Å². The molecule has 31 heavy (non-hydrogen) atoms. The van der Waals surface area contributed by atoms with E-state index in [0.717, 1.165) is 41.5 Å². The first-order valence-electron chi connectivity index (χ1n) is 9.91. The van der Waals surface area contributed by atoms with E-state index in [1.54, 1.807) is 19.5 Å². The lowest BCUT2D eigenvalue weighted by Crippen LogP contribution is -2.22. The molecule has 0 aliphatic rings. The first-order chi connectivity index (χ1) is 15.1. The van der Waals surface area contributed by atoms with Crippen molar-refractivity contribution in [2.45, 2.75) is 6.54 Å². The molecule has 0 radical (unpaired) electrons. The van der Waals surface area contributed by atoms with Crippen molar-refractivity contribution < 1.29 is 4.74 Å². The number of anilines is 1. The largest absolute Gasteiger partial charge is 0.496 e. The van der Waals surface area contributed by atoms with Gasteiger partial charge in [0, 0.05) is 60.7 Å². The molecule has 0 saturated carbocycles. The minimum atomic E-state index is 0.688. The number of pyridine rings is 1. The number of likely N-dealkylation sites (N-methyl/N-ethyl adjacent to an activating group) is 1. The molecule has 0 fully saturated rings. The third kappa shape index (κ3) is 4.50. The summed E-state index contributed by atoms with van der Waals surface area (Å²) in [4.78, 5) is 6.28. The zero-order valence-electron chi connectivity index (χ0n) is 17.4. The zero-order valence-corrected chi connectivity index (χ0v) is 19.0. The molecule has 0 amide bonds. The number of benzene rings is 2. The van der Waals surface area contributed by atoms with Gasteiger partial charge < -0.3 is 14.2 Å². The van der Waals surface area contributed by atoms with Crippen LogP contribution in [0.15, 0.2) is 79.3 Å². The number of rotatable bonds is 7. The second-order valence-electron chi connectivity index (χ2n) is 7.13. The molecule has 2 aromatic carbocycles. The van der Waals surface area contributed by atoms with Crippen LogP contribution in [0.1, 0.15) is 0 Å². The smallest absolute Gasteiger partial charge is 0.185 e. The Balaban J connectivity index is 1.75. The number of imidazole rings is 1. The van der Waals surface area contributed by atoms with E-state index in [1.165, 1.54) is 0 Å². The van der Waals surface area contributed by atoms with Crippen LogP contribution < -0.4 is 9.64 Å². The monoisotopic (exact) mass is 450 g/mol. The lowest BCUT2D eigenvalue weighted by Gasteiger charge is -2.19. The summed E-state index contributed by atoms with van der Waals surface area (Å²) >= 11 is 12.0. The Morgan fingerprint density at radius 3 is 2.45 bits per heavy atom. The number of halogens is 1. The van der Waals surface area contributed by atoms with Gasteiger partial charge in [-0.15, -0.1) is 0 Å². The van der Waals surface area contributed by atoms with E-state index in [9.17, 15) is 0 Å². The van der Waals surface area contributed by atoms with Gasteiger partial charge in [-0.05, 0) is 60.7 Å². The minimum absolute atomic E-state index is 0.688. The van der Waals surface area contributed by atoms with E-state index in [-0.39, 0.29) is 0 Å². The van der Waals surface area contributed by atoms with Crippen LogP contribution >= 0.6 is 23.8 Å². The number of hydrogen-bond donors (Lipinski definition) is 0. The van der Waals surface area contributed by atoms with Gasteiger partial charge in [0.15, 0.2) is 4.77 Å². The topological polar surface area (TPSA) is 35.2 Å². The van der Waals surface area contributed by atoms with Crippen molar-refractivity contribution >= 4 is 29.5 Å². The summed E-state index contributed by atoms with van der Waals surface area (Å²) in [6, 6.07) is 19.7. The van der Waals surface area contributed by atoms with E-state index in [1.807, 2.05) is 60.7 Å². The maximum absolute atomic E-state index is 6.12. The molecule has 0 bridgehead atoms. The Morgan fingerprint density at radius 1 is 1.03 bits per heavy atom. The van der Waals surface area contributed by atoms with Gasteiger partial charge in [0.25, 0.3) is 0 Å². The fourth-order valence-corrected chi connectivity index (χ4v) is 4.00. The number of nitrogens with zero attached hydrogens (tertiary/aromatic N) is 4. The second kappa shape index (κ2) is 9.37. The number of methoxy groups -OCH3 is 1. The van der Waals surface area contributed by atoms with Crippen LogP contribution in [-0.2, 0) is 6.54 Å². The average molecular weight is 451 g/mol. The Bertz CT molecular complexity index is 1220. The van der Waals surface area contributed by atoms with Gasteiger partial charge in [0.2, 0.25) is 0 Å². The van der Waals surface area contributed by atoms with Gasteiger partial charge in [-0.3, -0.25) is 9.55 Å². The fraction of sp³-hybridized carbons (Fsp3) is 0.167. The van der Waals surface area contributed by atoms with Crippen molar-refractivity contribution in [3.8, 4) is 22.7 Å². The normalized spacial score (nSPS) is 10.8. The van der Waals surface area contributed by atoms with Crippen molar-refractivity contribution in [1.82, 2.24) is 14.1 Å². The SMILES string of the molecule is COc1ccccc1-c1cn(CCN(C)c2ccncc2)c(=S)n1-c1ccc(Cl)cc1. The van der Waals surface area contributed by atoms with Crippen LogP contribution in [0, 0.1) is 4.77 Å². The molecular weight excluding hydrogens is 428 g/mol. The Labute approximate surface area is 192 Å². The molecule has 0 atom stereocenters. The maximum atomic E-state index is 6.12. The van der Waals surface area contributed by atoms with Crippen LogP contribution in [0.25, 0.3) is 16.9 Å². The van der Waals surface area contributed by atoms with Gasteiger partial charge in [-0.25, -0.2) is 0 Å². The summed E-state index contributed by atoms with van der Waals surface area (Å²) in [6.45, 7) is 1.54. The van der Waals surface area contributed by atoms with Crippen LogP contribution in [0.2, 0.25) is 5.02 Å². The van der Waals surface area contributed by atoms with E-state index >= 15 is 0 Å². The highest BCUT2D eigenvalue weighted by Gasteiger charge is 2.16. The van der Waals surface area contributed by atoms with Gasteiger partial charge in [0.05, 0.1) is 12.8 Å². The van der Waals surface area contributed by atoms with E-state index in [4.69, 9.17) is 28.6 Å². The van der Waals surface area contributed by atoms with Crippen LogP contribution in [0.4, 0.5) is 5.69 Å². The van der Waals surface area contributed by atoms with Crippen molar-refractivity contribution in [1.29, 1.82) is 0 Å². The summed E-state index contributed by atoms with van der Waals surface area (Å²) in [6.07, 6.45) is 5.69. The molecule has 0 saturated heterocycles. The summed E-state index contributed by atoms with van der Waals surface area (Å²) < 4.78 is 10.5. The molecule has 0 unspecified atom stereocenters. The van der Waals surface area contributed by atoms with E-state index in [0.29, 0.717) is 9.79 Å². The Kier molecular flexibility index (Phi) is 6.39. The number of hydrogen-bond acceptors (Lipinski definition) is 4. The average Bonchev–Trinajstić information content (AvgIpc) is 3.14. The summed E-state index contributed by atoms with van der Waals surface area (Å²) in [5.41, 5.74) is 4.02.